The number of nitrogens with zero attached hydrogens (tertiary/aromatic N) is 2. The monoisotopic (exact) mass is 274 g/mol. The van der Waals surface area contributed by atoms with Gasteiger partial charge in [-0.25, -0.2) is 4.98 Å². The van der Waals surface area contributed by atoms with Gasteiger partial charge >= 0.3 is 0 Å². The van der Waals surface area contributed by atoms with E-state index in [0.717, 1.165) is 13.0 Å². The van der Waals surface area contributed by atoms with Crippen LogP contribution in [0.15, 0.2) is 21.8 Å². The van der Waals surface area contributed by atoms with E-state index in [1.807, 2.05) is 0 Å². The fourth-order valence-corrected chi connectivity index (χ4v) is 1.69. The van der Waals surface area contributed by atoms with Crippen molar-refractivity contribution in [2.75, 3.05) is 13.2 Å². The third-order valence-electron chi connectivity index (χ3n) is 2.20. The van der Waals surface area contributed by atoms with Crippen LogP contribution in [0.25, 0.3) is 0 Å². The summed E-state index contributed by atoms with van der Waals surface area (Å²) in [5.74, 6) is 0. The smallest absolute Gasteiger partial charge is 0.269 e. The lowest BCUT2D eigenvalue weighted by Gasteiger charge is -2.10. The Balaban J connectivity index is 1.98. The van der Waals surface area contributed by atoms with Crippen molar-refractivity contribution in [2.45, 2.75) is 19.3 Å². The molecular weight excluding hydrogens is 264 g/mol. The lowest BCUT2D eigenvalue weighted by atomic mass is 10.3. The highest BCUT2D eigenvalue weighted by molar-refractivity contribution is 9.10. The van der Waals surface area contributed by atoms with E-state index < -0.39 is 0 Å². The van der Waals surface area contributed by atoms with Crippen LogP contribution in [0.3, 0.4) is 0 Å². The van der Waals surface area contributed by atoms with E-state index in [2.05, 4.69) is 20.9 Å². The van der Waals surface area contributed by atoms with Crippen molar-refractivity contribution in [1.82, 2.24) is 9.55 Å². The second kappa shape index (κ2) is 4.87. The van der Waals surface area contributed by atoms with Crippen LogP contribution < -0.4 is 5.56 Å². The molecule has 82 valence electrons. The van der Waals surface area contributed by atoms with Crippen molar-refractivity contribution in [3.8, 4) is 0 Å². The van der Waals surface area contributed by atoms with Gasteiger partial charge in [-0.1, -0.05) is 0 Å². The highest BCUT2D eigenvalue weighted by atomic mass is 79.9. The first kappa shape index (κ1) is 10.8. The molecule has 0 aliphatic carbocycles. The highest BCUT2D eigenvalue weighted by Crippen LogP contribution is 2.08. The molecule has 0 radical (unpaired) electrons. The summed E-state index contributed by atoms with van der Waals surface area (Å²) < 4.78 is 12.5. The topological polar surface area (TPSA) is 53.4 Å². The average molecular weight is 275 g/mol. The molecule has 1 unspecified atom stereocenters. The summed E-state index contributed by atoms with van der Waals surface area (Å²) in [5.41, 5.74) is -0.135. The van der Waals surface area contributed by atoms with Crippen molar-refractivity contribution in [1.29, 1.82) is 0 Å². The molecule has 1 aliphatic rings. The number of aromatic nitrogens is 2. The standard InChI is InChI=1S/C9H11BrN2O3/c10-8-3-11-5-12(9(8)13)6-15-7-1-2-14-4-7/h3,5,7H,1-2,4,6H2. The number of halogens is 1. The quantitative estimate of drug-likeness (QED) is 0.817. The highest BCUT2D eigenvalue weighted by Gasteiger charge is 2.16. The summed E-state index contributed by atoms with van der Waals surface area (Å²) in [6, 6.07) is 0. The minimum absolute atomic E-state index is 0.0934. The van der Waals surface area contributed by atoms with Crippen molar-refractivity contribution >= 4 is 15.9 Å². The summed E-state index contributed by atoms with van der Waals surface area (Å²) in [4.78, 5) is 15.4. The second-order valence-corrected chi connectivity index (χ2v) is 4.15. The van der Waals surface area contributed by atoms with Gasteiger partial charge in [-0.05, 0) is 22.4 Å². The first-order valence-electron chi connectivity index (χ1n) is 4.66. The predicted octanol–water partition coefficient (Wildman–Crippen LogP) is 0.769. The van der Waals surface area contributed by atoms with Crippen LogP contribution in [0.4, 0.5) is 0 Å². The van der Waals surface area contributed by atoms with Crippen molar-refractivity contribution in [3.63, 3.8) is 0 Å². The van der Waals surface area contributed by atoms with E-state index >= 15 is 0 Å². The first-order valence-corrected chi connectivity index (χ1v) is 5.46. The van der Waals surface area contributed by atoms with E-state index in [4.69, 9.17) is 9.47 Å². The van der Waals surface area contributed by atoms with Gasteiger partial charge in [0, 0.05) is 12.8 Å². The van der Waals surface area contributed by atoms with Crippen LogP contribution in [-0.2, 0) is 16.2 Å². The van der Waals surface area contributed by atoms with E-state index in [1.165, 1.54) is 17.1 Å². The summed E-state index contributed by atoms with van der Waals surface area (Å²) in [5, 5.41) is 0. The molecule has 15 heavy (non-hydrogen) atoms. The Hall–Kier alpha value is -0.720. The molecule has 1 aromatic rings. The fraction of sp³-hybridized carbons (Fsp3) is 0.556. The maximum absolute atomic E-state index is 11.5. The summed E-state index contributed by atoms with van der Waals surface area (Å²) in [6.07, 6.45) is 3.91. The van der Waals surface area contributed by atoms with Gasteiger partial charge in [0.25, 0.3) is 5.56 Å². The lowest BCUT2D eigenvalue weighted by Crippen LogP contribution is -2.25. The third-order valence-corrected chi connectivity index (χ3v) is 2.74. The molecule has 1 atom stereocenters. The van der Waals surface area contributed by atoms with Crippen molar-refractivity contribution in [3.05, 3.63) is 27.4 Å². The van der Waals surface area contributed by atoms with Crippen LogP contribution in [0, 0.1) is 0 Å². The molecular formula is C9H11BrN2O3. The van der Waals surface area contributed by atoms with Crippen molar-refractivity contribution < 1.29 is 9.47 Å². The Labute approximate surface area is 95.2 Å². The maximum Gasteiger partial charge on any atom is 0.269 e. The van der Waals surface area contributed by atoms with Crippen LogP contribution in [0.5, 0.6) is 0 Å². The molecule has 0 aromatic carbocycles. The normalized spacial score (nSPS) is 20.7. The van der Waals surface area contributed by atoms with Crippen molar-refractivity contribution in [2.24, 2.45) is 0 Å². The van der Waals surface area contributed by atoms with Crippen LogP contribution in [0.2, 0.25) is 0 Å². The zero-order chi connectivity index (χ0) is 10.7. The zero-order valence-corrected chi connectivity index (χ0v) is 9.64. The maximum atomic E-state index is 11.5. The lowest BCUT2D eigenvalue weighted by molar-refractivity contribution is -0.000102. The molecule has 0 N–H and O–H groups in total. The van der Waals surface area contributed by atoms with Gasteiger partial charge in [0.05, 0.1) is 19.0 Å². The Bertz CT molecular complexity index is 387. The van der Waals surface area contributed by atoms with E-state index in [0.29, 0.717) is 11.1 Å². The molecule has 1 aliphatic heterocycles. The largest absolute Gasteiger partial charge is 0.379 e. The van der Waals surface area contributed by atoms with Gasteiger partial charge in [-0.15, -0.1) is 0 Å². The molecule has 1 fully saturated rings. The average Bonchev–Trinajstić information content (AvgIpc) is 2.73. The minimum Gasteiger partial charge on any atom is -0.379 e. The number of hydrogen-bond donors (Lipinski definition) is 0. The molecule has 2 rings (SSSR count). The molecule has 0 saturated carbocycles. The molecule has 0 amide bonds. The Morgan fingerprint density at radius 1 is 1.73 bits per heavy atom. The van der Waals surface area contributed by atoms with Gasteiger partial charge in [0.2, 0.25) is 0 Å². The number of rotatable bonds is 3. The van der Waals surface area contributed by atoms with E-state index in [9.17, 15) is 4.79 Å². The summed E-state index contributed by atoms with van der Waals surface area (Å²) in [7, 11) is 0. The zero-order valence-electron chi connectivity index (χ0n) is 8.06. The Kier molecular flexibility index (Phi) is 3.50. The van der Waals surface area contributed by atoms with Gasteiger partial charge in [-0.3, -0.25) is 9.36 Å². The Morgan fingerprint density at radius 2 is 2.60 bits per heavy atom. The SMILES string of the molecule is O=c1c(Br)cncn1COC1CCOC1. The molecule has 5 nitrogen and oxygen atoms in total. The first-order chi connectivity index (χ1) is 7.27. The second-order valence-electron chi connectivity index (χ2n) is 3.30. The van der Waals surface area contributed by atoms with E-state index in [-0.39, 0.29) is 18.4 Å². The van der Waals surface area contributed by atoms with Crippen LogP contribution in [0.1, 0.15) is 6.42 Å². The molecule has 0 spiro atoms. The fourth-order valence-electron chi connectivity index (χ4n) is 1.35. The van der Waals surface area contributed by atoms with Crippen LogP contribution in [-0.4, -0.2) is 28.9 Å². The molecule has 6 heteroatoms. The van der Waals surface area contributed by atoms with Gasteiger partial charge in [-0.2, -0.15) is 0 Å². The third kappa shape index (κ3) is 2.64. The number of ether oxygens (including phenoxy) is 2. The Morgan fingerprint density at radius 3 is 3.33 bits per heavy atom. The molecule has 2 heterocycles. The van der Waals surface area contributed by atoms with Gasteiger partial charge in [0.1, 0.15) is 11.2 Å². The summed E-state index contributed by atoms with van der Waals surface area (Å²) in [6.45, 7) is 1.56. The molecule has 0 bridgehead atoms. The molecule has 1 aromatic heterocycles. The summed E-state index contributed by atoms with van der Waals surface area (Å²) >= 11 is 3.12. The minimum atomic E-state index is -0.135. The van der Waals surface area contributed by atoms with Crippen LogP contribution >= 0.6 is 15.9 Å². The van der Waals surface area contributed by atoms with E-state index in [1.54, 1.807) is 0 Å². The predicted molar refractivity (Wildman–Crippen MR) is 56.5 cm³/mol. The number of hydrogen-bond acceptors (Lipinski definition) is 4. The molecule has 1 saturated heterocycles. The van der Waals surface area contributed by atoms with Gasteiger partial charge < -0.3 is 9.47 Å². The van der Waals surface area contributed by atoms with Gasteiger partial charge in [0.15, 0.2) is 0 Å².